The number of rotatable bonds is 6. The molecule has 4 aromatic carbocycles. The SMILES string of the molecule is COc1ccc(C(=O)C(C(=O)c2ccccc2)C2Cc3cccc4cccc2c34)cc1. The maximum absolute atomic E-state index is 13.8. The van der Waals surface area contributed by atoms with Crippen LogP contribution in [0.1, 0.15) is 37.8 Å². The Kier molecular flexibility index (Phi) is 4.87. The first-order chi connectivity index (χ1) is 15.2. The van der Waals surface area contributed by atoms with Gasteiger partial charge in [0.1, 0.15) is 5.75 Å². The number of methoxy groups -OCH3 is 1. The average molecular weight is 406 g/mol. The van der Waals surface area contributed by atoms with Gasteiger partial charge in [-0.05, 0) is 52.6 Å². The third-order valence-corrected chi connectivity index (χ3v) is 6.26. The molecule has 0 amide bonds. The van der Waals surface area contributed by atoms with E-state index in [9.17, 15) is 9.59 Å². The molecule has 3 heteroatoms. The maximum atomic E-state index is 13.8. The molecule has 0 radical (unpaired) electrons. The predicted octanol–water partition coefficient (Wildman–Crippen LogP) is 5.87. The van der Waals surface area contributed by atoms with Crippen LogP contribution in [0, 0.1) is 5.92 Å². The molecule has 0 spiro atoms. The van der Waals surface area contributed by atoms with Gasteiger partial charge in [-0.15, -0.1) is 0 Å². The number of ether oxygens (including phenoxy) is 1. The van der Waals surface area contributed by atoms with Gasteiger partial charge in [0.15, 0.2) is 11.6 Å². The minimum Gasteiger partial charge on any atom is -0.497 e. The van der Waals surface area contributed by atoms with Gasteiger partial charge in [0.2, 0.25) is 0 Å². The van der Waals surface area contributed by atoms with Crippen LogP contribution >= 0.6 is 0 Å². The van der Waals surface area contributed by atoms with Crippen molar-refractivity contribution in [3.63, 3.8) is 0 Å². The molecule has 1 aliphatic carbocycles. The van der Waals surface area contributed by atoms with Crippen molar-refractivity contribution in [3.8, 4) is 5.75 Å². The predicted molar refractivity (Wildman–Crippen MR) is 122 cm³/mol. The molecule has 3 nitrogen and oxygen atoms in total. The largest absolute Gasteiger partial charge is 0.497 e. The summed E-state index contributed by atoms with van der Waals surface area (Å²) in [6, 6.07) is 28.6. The fourth-order valence-electron chi connectivity index (χ4n) is 4.77. The summed E-state index contributed by atoms with van der Waals surface area (Å²) < 4.78 is 5.23. The first-order valence-electron chi connectivity index (χ1n) is 10.5. The first kappa shape index (κ1) is 19.3. The summed E-state index contributed by atoms with van der Waals surface area (Å²) in [5.74, 6) is -0.569. The molecule has 0 N–H and O–H groups in total. The van der Waals surface area contributed by atoms with E-state index < -0.39 is 5.92 Å². The zero-order valence-corrected chi connectivity index (χ0v) is 17.2. The van der Waals surface area contributed by atoms with Gasteiger partial charge in [0.05, 0.1) is 13.0 Å². The quantitative estimate of drug-likeness (QED) is 0.297. The number of hydrogen-bond donors (Lipinski definition) is 0. The molecule has 0 bridgehead atoms. The molecule has 31 heavy (non-hydrogen) atoms. The van der Waals surface area contributed by atoms with Crippen LogP contribution in [0.3, 0.4) is 0 Å². The van der Waals surface area contributed by atoms with E-state index in [0.717, 1.165) is 10.9 Å². The van der Waals surface area contributed by atoms with Crippen LogP contribution in [-0.4, -0.2) is 18.7 Å². The molecule has 0 saturated carbocycles. The second-order valence-electron chi connectivity index (χ2n) is 7.97. The Hall–Kier alpha value is -3.72. The average Bonchev–Trinajstić information content (AvgIpc) is 3.20. The molecule has 2 atom stereocenters. The molecular weight excluding hydrogens is 384 g/mol. The zero-order chi connectivity index (χ0) is 21.4. The minimum atomic E-state index is -0.784. The van der Waals surface area contributed by atoms with E-state index in [4.69, 9.17) is 4.74 Å². The van der Waals surface area contributed by atoms with Crippen molar-refractivity contribution in [3.05, 3.63) is 113 Å². The molecule has 1 aliphatic rings. The van der Waals surface area contributed by atoms with Crippen molar-refractivity contribution < 1.29 is 14.3 Å². The molecule has 152 valence electrons. The molecule has 0 saturated heterocycles. The van der Waals surface area contributed by atoms with Crippen LogP contribution < -0.4 is 4.74 Å². The standard InChI is InChI=1S/C28H22O3/c1-31-22-15-13-20(14-16-22)28(30)26(27(29)19-7-3-2-4-8-19)24-17-21-11-5-9-18-10-6-12-23(24)25(18)21/h2-16,24,26H,17H2,1H3. The third kappa shape index (κ3) is 3.32. The van der Waals surface area contributed by atoms with Crippen molar-refractivity contribution in [2.24, 2.45) is 5.92 Å². The second kappa shape index (κ2) is 7.84. The number of hydrogen-bond acceptors (Lipinski definition) is 3. The molecule has 0 aliphatic heterocycles. The Labute approximate surface area is 181 Å². The topological polar surface area (TPSA) is 43.4 Å². The fraction of sp³-hybridized carbons (Fsp3) is 0.143. The molecule has 4 aromatic rings. The molecule has 0 heterocycles. The summed E-state index contributed by atoms with van der Waals surface area (Å²) in [5.41, 5.74) is 3.38. The summed E-state index contributed by atoms with van der Waals surface area (Å²) in [6.07, 6.45) is 0.682. The van der Waals surface area contributed by atoms with Gasteiger partial charge in [0.25, 0.3) is 0 Å². The highest BCUT2D eigenvalue weighted by molar-refractivity contribution is 6.17. The Bertz CT molecular complexity index is 1270. The molecule has 0 aromatic heterocycles. The highest BCUT2D eigenvalue weighted by Crippen LogP contribution is 2.44. The summed E-state index contributed by atoms with van der Waals surface area (Å²) in [7, 11) is 1.59. The van der Waals surface area contributed by atoms with E-state index in [1.165, 1.54) is 10.9 Å². The number of ketones is 2. The molecule has 5 rings (SSSR count). The van der Waals surface area contributed by atoms with Crippen LogP contribution in [0.2, 0.25) is 0 Å². The van der Waals surface area contributed by atoms with Gasteiger partial charge in [-0.1, -0.05) is 66.7 Å². The fourth-order valence-corrected chi connectivity index (χ4v) is 4.77. The van der Waals surface area contributed by atoms with Crippen molar-refractivity contribution in [2.45, 2.75) is 12.3 Å². The summed E-state index contributed by atoms with van der Waals surface area (Å²) >= 11 is 0. The van der Waals surface area contributed by atoms with Crippen molar-refractivity contribution in [1.29, 1.82) is 0 Å². The van der Waals surface area contributed by atoms with Gasteiger partial charge in [-0.2, -0.15) is 0 Å². The smallest absolute Gasteiger partial charge is 0.174 e. The van der Waals surface area contributed by atoms with Crippen molar-refractivity contribution >= 4 is 22.3 Å². The Balaban J connectivity index is 1.62. The lowest BCUT2D eigenvalue weighted by Gasteiger charge is -2.23. The highest BCUT2D eigenvalue weighted by atomic mass is 16.5. The zero-order valence-electron chi connectivity index (χ0n) is 17.2. The monoisotopic (exact) mass is 406 g/mol. The van der Waals surface area contributed by atoms with Gasteiger partial charge in [-0.25, -0.2) is 0 Å². The normalized spacial score (nSPS) is 15.6. The van der Waals surface area contributed by atoms with E-state index in [0.29, 0.717) is 23.3 Å². The number of benzene rings is 4. The molecular formula is C28H22O3. The lowest BCUT2D eigenvalue weighted by Crippen LogP contribution is -2.30. The van der Waals surface area contributed by atoms with Crippen LogP contribution in [0.5, 0.6) is 5.75 Å². The minimum absolute atomic E-state index is 0.128. The summed E-state index contributed by atoms with van der Waals surface area (Å²) in [5, 5.41) is 2.34. The van der Waals surface area contributed by atoms with Crippen molar-refractivity contribution in [2.75, 3.05) is 7.11 Å². The van der Waals surface area contributed by atoms with E-state index in [1.54, 1.807) is 43.5 Å². The lowest BCUT2D eigenvalue weighted by atomic mass is 9.77. The van der Waals surface area contributed by atoms with Crippen molar-refractivity contribution in [1.82, 2.24) is 0 Å². The number of Topliss-reactive ketones (excluding diaryl/α,β-unsaturated/α-hetero) is 2. The second-order valence-corrected chi connectivity index (χ2v) is 7.97. The van der Waals surface area contributed by atoms with E-state index in [1.807, 2.05) is 30.3 Å². The van der Waals surface area contributed by atoms with Gasteiger partial charge >= 0.3 is 0 Å². The van der Waals surface area contributed by atoms with Gasteiger partial charge in [-0.3, -0.25) is 9.59 Å². The van der Waals surface area contributed by atoms with Crippen LogP contribution in [0.25, 0.3) is 10.8 Å². The Morgan fingerprint density at radius 3 is 2.10 bits per heavy atom. The number of carbonyl (C=O) groups is 2. The maximum Gasteiger partial charge on any atom is 0.174 e. The van der Waals surface area contributed by atoms with Crippen LogP contribution in [-0.2, 0) is 6.42 Å². The molecule has 2 unspecified atom stereocenters. The number of carbonyl (C=O) groups excluding carboxylic acids is 2. The highest BCUT2D eigenvalue weighted by Gasteiger charge is 2.40. The van der Waals surface area contributed by atoms with E-state index >= 15 is 0 Å². The van der Waals surface area contributed by atoms with E-state index in [-0.39, 0.29) is 17.5 Å². The Morgan fingerprint density at radius 2 is 1.42 bits per heavy atom. The lowest BCUT2D eigenvalue weighted by molar-refractivity contribution is 0.0784. The third-order valence-electron chi connectivity index (χ3n) is 6.26. The summed E-state index contributed by atoms with van der Waals surface area (Å²) in [6.45, 7) is 0. The van der Waals surface area contributed by atoms with Crippen LogP contribution in [0.4, 0.5) is 0 Å². The van der Waals surface area contributed by atoms with E-state index in [2.05, 4.69) is 24.3 Å². The first-order valence-corrected chi connectivity index (χ1v) is 10.5. The molecule has 0 fully saturated rings. The van der Waals surface area contributed by atoms with Gasteiger partial charge in [0, 0.05) is 17.0 Å². The Morgan fingerprint density at radius 1 is 0.774 bits per heavy atom. The summed E-state index contributed by atoms with van der Waals surface area (Å²) in [4.78, 5) is 27.4. The van der Waals surface area contributed by atoms with Gasteiger partial charge < -0.3 is 4.74 Å². The van der Waals surface area contributed by atoms with Crippen LogP contribution in [0.15, 0.2) is 91.0 Å².